The van der Waals surface area contributed by atoms with Gasteiger partial charge in [-0.2, -0.15) is 4.98 Å². The van der Waals surface area contributed by atoms with Crippen molar-refractivity contribution in [2.45, 2.75) is 46.6 Å². The molecule has 0 aliphatic heterocycles. The molecule has 0 unspecified atom stereocenters. The van der Waals surface area contributed by atoms with Crippen LogP contribution in [0.1, 0.15) is 45.3 Å². The summed E-state index contributed by atoms with van der Waals surface area (Å²) in [5.41, 5.74) is 0. The molecular weight excluding hydrogens is 256 g/mol. The van der Waals surface area contributed by atoms with Gasteiger partial charge in [0.2, 0.25) is 11.8 Å². The first-order chi connectivity index (χ1) is 9.60. The van der Waals surface area contributed by atoms with Crippen molar-refractivity contribution in [3.8, 4) is 0 Å². The molecule has 0 aromatic carbocycles. The zero-order valence-electron chi connectivity index (χ0n) is 13.1. The van der Waals surface area contributed by atoms with Crippen LogP contribution in [0.3, 0.4) is 0 Å². The maximum Gasteiger partial charge on any atom is 0.240 e. The molecule has 0 atom stereocenters. The fraction of sp³-hybridized carbons (Fsp3) is 0.786. The summed E-state index contributed by atoms with van der Waals surface area (Å²) in [6.45, 7) is 8.46. The molecule has 0 N–H and O–H groups in total. The number of rotatable bonds is 9. The lowest BCUT2D eigenvalue weighted by atomic mass is 10.2. The normalized spacial score (nSPS) is 11.1. The molecule has 0 saturated carbocycles. The molecule has 0 spiro atoms. The lowest BCUT2D eigenvalue weighted by Crippen LogP contribution is -2.38. The number of hydrogen-bond donors (Lipinski definition) is 0. The summed E-state index contributed by atoms with van der Waals surface area (Å²) < 4.78 is 5.20. The van der Waals surface area contributed by atoms with E-state index >= 15 is 0 Å². The highest BCUT2D eigenvalue weighted by molar-refractivity contribution is 5.78. The van der Waals surface area contributed by atoms with Gasteiger partial charge in [-0.15, -0.1) is 0 Å². The van der Waals surface area contributed by atoms with Crippen molar-refractivity contribution in [3.05, 3.63) is 11.7 Å². The van der Waals surface area contributed by atoms with Crippen LogP contribution in [0.2, 0.25) is 0 Å². The van der Waals surface area contributed by atoms with Gasteiger partial charge in [0.15, 0.2) is 5.82 Å². The molecule has 1 aromatic heterocycles. The molecule has 6 nitrogen and oxygen atoms in total. The molecule has 0 fully saturated rings. The number of aryl methyl sites for hydroxylation is 1. The summed E-state index contributed by atoms with van der Waals surface area (Å²) in [6, 6.07) is 0. The zero-order chi connectivity index (χ0) is 15.0. The SMILES string of the molecule is CCCCc1noc(CN(C)CC(=O)N(CC)CC)n1. The second kappa shape index (κ2) is 8.68. The Labute approximate surface area is 121 Å². The first kappa shape index (κ1) is 16.6. The second-order valence-corrected chi connectivity index (χ2v) is 4.95. The Kier molecular flexibility index (Phi) is 7.22. The minimum atomic E-state index is 0.128. The van der Waals surface area contributed by atoms with Crippen LogP contribution in [0.5, 0.6) is 0 Å². The van der Waals surface area contributed by atoms with E-state index in [2.05, 4.69) is 17.1 Å². The summed E-state index contributed by atoms with van der Waals surface area (Å²) in [5.74, 6) is 1.46. The van der Waals surface area contributed by atoms with E-state index in [-0.39, 0.29) is 5.91 Å². The van der Waals surface area contributed by atoms with Gasteiger partial charge in [-0.05, 0) is 27.3 Å². The summed E-state index contributed by atoms with van der Waals surface area (Å²) in [7, 11) is 1.89. The van der Waals surface area contributed by atoms with Crippen molar-refractivity contribution >= 4 is 5.91 Å². The van der Waals surface area contributed by atoms with Gasteiger partial charge in [0.1, 0.15) is 0 Å². The van der Waals surface area contributed by atoms with Crippen molar-refractivity contribution in [2.24, 2.45) is 0 Å². The third kappa shape index (κ3) is 5.28. The van der Waals surface area contributed by atoms with E-state index in [1.807, 2.05) is 30.7 Å². The lowest BCUT2D eigenvalue weighted by molar-refractivity contribution is -0.131. The van der Waals surface area contributed by atoms with Crippen LogP contribution in [0.4, 0.5) is 0 Å². The number of amides is 1. The molecule has 0 radical (unpaired) electrons. The maximum atomic E-state index is 12.0. The Balaban J connectivity index is 2.43. The van der Waals surface area contributed by atoms with Crippen molar-refractivity contribution in [2.75, 3.05) is 26.7 Å². The predicted molar refractivity (Wildman–Crippen MR) is 77.2 cm³/mol. The van der Waals surface area contributed by atoms with Crippen LogP contribution in [0, 0.1) is 0 Å². The van der Waals surface area contributed by atoms with E-state index in [1.54, 1.807) is 0 Å². The number of unbranched alkanes of at least 4 members (excludes halogenated alkanes) is 1. The van der Waals surface area contributed by atoms with Crippen LogP contribution < -0.4 is 0 Å². The van der Waals surface area contributed by atoms with Gasteiger partial charge in [0, 0.05) is 19.5 Å². The first-order valence-corrected chi connectivity index (χ1v) is 7.38. The zero-order valence-corrected chi connectivity index (χ0v) is 13.1. The highest BCUT2D eigenvalue weighted by Gasteiger charge is 2.15. The number of carbonyl (C=O) groups excluding carboxylic acids is 1. The number of likely N-dealkylation sites (N-methyl/N-ethyl adjacent to an activating group) is 2. The molecule has 20 heavy (non-hydrogen) atoms. The monoisotopic (exact) mass is 282 g/mol. The van der Waals surface area contributed by atoms with E-state index < -0.39 is 0 Å². The van der Waals surface area contributed by atoms with Crippen molar-refractivity contribution in [1.29, 1.82) is 0 Å². The summed E-state index contributed by atoms with van der Waals surface area (Å²) in [4.78, 5) is 20.0. The van der Waals surface area contributed by atoms with Crippen LogP contribution in [0.15, 0.2) is 4.52 Å². The van der Waals surface area contributed by atoms with E-state index in [0.717, 1.165) is 38.2 Å². The Morgan fingerprint density at radius 3 is 2.55 bits per heavy atom. The molecule has 114 valence electrons. The van der Waals surface area contributed by atoms with E-state index in [1.165, 1.54) is 0 Å². The molecule has 0 bridgehead atoms. The van der Waals surface area contributed by atoms with Gasteiger partial charge in [0.05, 0.1) is 13.1 Å². The molecule has 1 amide bonds. The predicted octanol–water partition coefficient (Wildman–Crippen LogP) is 1.71. The third-order valence-electron chi connectivity index (χ3n) is 3.19. The largest absolute Gasteiger partial charge is 0.342 e. The molecule has 6 heteroatoms. The summed E-state index contributed by atoms with van der Waals surface area (Å²) >= 11 is 0. The van der Waals surface area contributed by atoms with Gasteiger partial charge in [-0.25, -0.2) is 0 Å². The molecule has 1 heterocycles. The smallest absolute Gasteiger partial charge is 0.240 e. The quantitative estimate of drug-likeness (QED) is 0.690. The van der Waals surface area contributed by atoms with Gasteiger partial charge in [0.25, 0.3) is 0 Å². The standard InChI is InChI=1S/C14H26N4O2/c1-5-8-9-12-15-13(20-16-12)10-17(4)11-14(19)18(6-2)7-3/h5-11H2,1-4H3. The number of carbonyl (C=O) groups is 1. The Morgan fingerprint density at radius 2 is 1.95 bits per heavy atom. The fourth-order valence-corrected chi connectivity index (χ4v) is 1.98. The number of hydrogen-bond acceptors (Lipinski definition) is 5. The summed E-state index contributed by atoms with van der Waals surface area (Å²) in [5, 5.41) is 3.95. The van der Waals surface area contributed by atoms with E-state index in [4.69, 9.17) is 4.52 Å². The van der Waals surface area contributed by atoms with Crippen LogP contribution in [0.25, 0.3) is 0 Å². The number of aromatic nitrogens is 2. The minimum Gasteiger partial charge on any atom is -0.342 e. The average molecular weight is 282 g/mol. The number of nitrogens with zero attached hydrogens (tertiary/aromatic N) is 4. The van der Waals surface area contributed by atoms with Gasteiger partial charge >= 0.3 is 0 Å². The van der Waals surface area contributed by atoms with Crippen molar-refractivity contribution in [3.63, 3.8) is 0 Å². The molecule has 0 saturated heterocycles. The van der Waals surface area contributed by atoms with Crippen LogP contribution in [-0.2, 0) is 17.8 Å². The maximum absolute atomic E-state index is 12.0. The minimum absolute atomic E-state index is 0.128. The fourth-order valence-electron chi connectivity index (χ4n) is 1.98. The van der Waals surface area contributed by atoms with Crippen LogP contribution >= 0.6 is 0 Å². The van der Waals surface area contributed by atoms with E-state index in [0.29, 0.717) is 19.0 Å². The topological polar surface area (TPSA) is 62.5 Å². The Bertz CT molecular complexity index is 402. The first-order valence-electron chi connectivity index (χ1n) is 7.38. The average Bonchev–Trinajstić information content (AvgIpc) is 2.85. The molecule has 1 aromatic rings. The van der Waals surface area contributed by atoms with Gasteiger partial charge in [-0.1, -0.05) is 18.5 Å². The lowest BCUT2D eigenvalue weighted by Gasteiger charge is -2.22. The van der Waals surface area contributed by atoms with Crippen molar-refractivity contribution < 1.29 is 9.32 Å². The Hall–Kier alpha value is -1.43. The van der Waals surface area contributed by atoms with Gasteiger partial charge < -0.3 is 9.42 Å². The van der Waals surface area contributed by atoms with Crippen LogP contribution in [-0.4, -0.2) is 52.5 Å². The van der Waals surface area contributed by atoms with E-state index in [9.17, 15) is 4.79 Å². The molecule has 0 aliphatic rings. The highest BCUT2D eigenvalue weighted by atomic mass is 16.5. The van der Waals surface area contributed by atoms with Crippen molar-refractivity contribution in [1.82, 2.24) is 19.9 Å². The van der Waals surface area contributed by atoms with Gasteiger partial charge in [-0.3, -0.25) is 9.69 Å². The molecular formula is C14H26N4O2. The third-order valence-corrected chi connectivity index (χ3v) is 3.19. The molecule has 0 aliphatic carbocycles. The second-order valence-electron chi connectivity index (χ2n) is 4.95. The molecule has 1 rings (SSSR count). The Morgan fingerprint density at radius 1 is 1.25 bits per heavy atom. The summed E-state index contributed by atoms with van der Waals surface area (Å²) in [6.07, 6.45) is 3.03. The highest BCUT2D eigenvalue weighted by Crippen LogP contribution is 2.04.